The Labute approximate surface area is 91.3 Å². The van der Waals surface area contributed by atoms with Crippen LogP contribution in [-0.2, 0) is 10.8 Å². The van der Waals surface area contributed by atoms with Crippen LogP contribution in [0.5, 0.6) is 0 Å². The minimum atomic E-state index is -0.644. The first-order valence-corrected chi connectivity index (χ1v) is 7.15. The van der Waals surface area contributed by atoms with Crippen LogP contribution in [0.1, 0.15) is 40.0 Å². The van der Waals surface area contributed by atoms with E-state index in [0.717, 1.165) is 30.8 Å². The van der Waals surface area contributed by atoms with Crippen molar-refractivity contribution in [1.29, 1.82) is 0 Å². The monoisotopic (exact) mass is 219 g/mol. The van der Waals surface area contributed by atoms with E-state index in [0.29, 0.717) is 12.0 Å². The molecule has 3 unspecified atom stereocenters. The molecule has 0 aliphatic rings. The summed E-state index contributed by atoms with van der Waals surface area (Å²) >= 11 is 0. The first-order valence-electron chi connectivity index (χ1n) is 5.66. The topological polar surface area (TPSA) is 29.1 Å². The maximum Gasteiger partial charge on any atom is 0.0388 e. The van der Waals surface area contributed by atoms with Crippen molar-refractivity contribution >= 4 is 10.8 Å². The van der Waals surface area contributed by atoms with Crippen LogP contribution in [0.25, 0.3) is 0 Å². The molecule has 1 N–H and O–H groups in total. The van der Waals surface area contributed by atoms with Gasteiger partial charge in [-0.2, -0.15) is 0 Å². The maximum absolute atomic E-state index is 11.7. The second-order valence-electron chi connectivity index (χ2n) is 4.06. The molecule has 0 aromatic rings. The lowest BCUT2D eigenvalue weighted by atomic mass is 10.2. The fourth-order valence-electron chi connectivity index (χ4n) is 1.39. The summed E-state index contributed by atoms with van der Waals surface area (Å²) in [7, 11) is 1.32. The summed E-state index contributed by atoms with van der Waals surface area (Å²) < 4.78 is 11.7. The largest absolute Gasteiger partial charge is 0.316 e. The predicted molar refractivity (Wildman–Crippen MR) is 65.1 cm³/mol. The Morgan fingerprint density at radius 2 is 1.93 bits per heavy atom. The highest BCUT2D eigenvalue weighted by molar-refractivity contribution is 7.85. The smallest absolute Gasteiger partial charge is 0.0388 e. The van der Waals surface area contributed by atoms with E-state index in [1.54, 1.807) is 0 Å². The van der Waals surface area contributed by atoms with E-state index >= 15 is 0 Å². The van der Waals surface area contributed by atoms with Crippen molar-refractivity contribution in [2.45, 2.75) is 46.1 Å². The highest BCUT2D eigenvalue weighted by Gasteiger charge is 2.11. The summed E-state index contributed by atoms with van der Waals surface area (Å²) in [6.45, 7) is 6.50. The van der Waals surface area contributed by atoms with Crippen molar-refractivity contribution < 1.29 is 4.21 Å². The highest BCUT2D eigenvalue weighted by Crippen LogP contribution is 2.05. The Hall–Kier alpha value is 0.110. The molecule has 0 aromatic carbocycles. The molecular formula is C11H25NOS. The van der Waals surface area contributed by atoms with Gasteiger partial charge in [0.15, 0.2) is 0 Å². The molecule has 0 radical (unpaired) electrons. The Morgan fingerprint density at radius 3 is 2.36 bits per heavy atom. The van der Waals surface area contributed by atoms with Gasteiger partial charge in [-0.15, -0.1) is 0 Å². The molecule has 0 fully saturated rings. The molecule has 0 heterocycles. The summed E-state index contributed by atoms with van der Waals surface area (Å²) in [5.74, 6) is 2.27. The van der Waals surface area contributed by atoms with Crippen molar-refractivity contribution in [3.8, 4) is 0 Å². The van der Waals surface area contributed by atoms with Gasteiger partial charge in [0.1, 0.15) is 0 Å². The lowest BCUT2D eigenvalue weighted by Crippen LogP contribution is -2.32. The molecule has 0 amide bonds. The average Bonchev–Trinajstić information content (AvgIpc) is 2.16. The van der Waals surface area contributed by atoms with E-state index < -0.39 is 10.8 Å². The summed E-state index contributed by atoms with van der Waals surface area (Å²) in [5.41, 5.74) is 0. The normalized spacial score (nSPS) is 17.7. The fraction of sp³-hybridized carbons (Fsp3) is 1.00. The summed E-state index contributed by atoms with van der Waals surface area (Å²) in [6, 6.07) is 0.435. The van der Waals surface area contributed by atoms with Crippen molar-refractivity contribution in [3.05, 3.63) is 0 Å². The van der Waals surface area contributed by atoms with Gasteiger partial charge in [0.25, 0.3) is 0 Å². The van der Waals surface area contributed by atoms with Crippen LogP contribution in [0.2, 0.25) is 0 Å². The molecule has 3 heteroatoms. The van der Waals surface area contributed by atoms with Gasteiger partial charge in [-0.05, 0) is 19.4 Å². The quantitative estimate of drug-likeness (QED) is 0.678. The Balaban J connectivity index is 3.78. The SMILES string of the molecule is CCCC(CS(=O)CC(C)CC)NC. The molecule has 86 valence electrons. The molecule has 2 nitrogen and oxygen atoms in total. The molecule has 14 heavy (non-hydrogen) atoms. The predicted octanol–water partition coefficient (Wildman–Crippen LogP) is 2.17. The minimum absolute atomic E-state index is 0.435. The van der Waals surface area contributed by atoms with E-state index in [-0.39, 0.29) is 0 Å². The summed E-state index contributed by atoms with van der Waals surface area (Å²) in [6.07, 6.45) is 3.42. The van der Waals surface area contributed by atoms with Crippen LogP contribution in [-0.4, -0.2) is 28.8 Å². The highest BCUT2D eigenvalue weighted by atomic mass is 32.2. The van der Waals surface area contributed by atoms with Crippen LogP contribution in [0.3, 0.4) is 0 Å². The molecule has 0 aliphatic heterocycles. The van der Waals surface area contributed by atoms with Gasteiger partial charge in [-0.1, -0.05) is 33.6 Å². The summed E-state index contributed by atoms with van der Waals surface area (Å²) in [4.78, 5) is 0. The van der Waals surface area contributed by atoms with E-state index in [9.17, 15) is 4.21 Å². The first-order chi connectivity index (χ1) is 6.63. The van der Waals surface area contributed by atoms with E-state index in [4.69, 9.17) is 0 Å². The van der Waals surface area contributed by atoms with Gasteiger partial charge in [0, 0.05) is 28.3 Å². The number of nitrogens with one attached hydrogen (secondary N) is 1. The molecule has 0 saturated carbocycles. The zero-order valence-corrected chi connectivity index (χ0v) is 10.8. The van der Waals surface area contributed by atoms with Crippen LogP contribution >= 0.6 is 0 Å². The average molecular weight is 219 g/mol. The van der Waals surface area contributed by atoms with Gasteiger partial charge in [-0.25, -0.2) is 0 Å². The van der Waals surface area contributed by atoms with Gasteiger partial charge in [-0.3, -0.25) is 4.21 Å². The van der Waals surface area contributed by atoms with Gasteiger partial charge < -0.3 is 5.32 Å². The molecular weight excluding hydrogens is 194 g/mol. The Kier molecular flexibility index (Phi) is 8.49. The molecule has 0 spiro atoms. The van der Waals surface area contributed by atoms with Gasteiger partial charge in [0.2, 0.25) is 0 Å². The maximum atomic E-state index is 11.7. The van der Waals surface area contributed by atoms with Crippen LogP contribution in [0, 0.1) is 5.92 Å². The van der Waals surface area contributed by atoms with Crippen LogP contribution < -0.4 is 5.32 Å². The fourth-order valence-corrected chi connectivity index (χ4v) is 3.18. The van der Waals surface area contributed by atoms with Gasteiger partial charge >= 0.3 is 0 Å². The van der Waals surface area contributed by atoms with Crippen LogP contribution in [0.15, 0.2) is 0 Å². The lowest BCUT2D eigenvalue weighted by Gasteiger charge is -2.16. The van der Waals surface area contributed by atoms with Crippen molar-refractivity contribution in [1.82, 2.24) is 5.32 Å². The van der Waals surface area contributed by atoms with Crippen molar-refractivity contribution in [2.24, 2.45) is 5.92 Å². The Bertz CT molecular complexity index is 161. The van der Waals surface area contributed by atoms with E-state index in [1.807, 2.05) is 7.05 Å². The van der Waals surface area contributed by atoms with Crippen molar-refractivity contribution in [3.63, 3.8) is 0 Å². The number of rotatable bonds is 8. The zero-order valence-electron chi connectivity index (χ0n) is 10.0. The third kappa shape index (κ3) is 6.55. The standard InChI is InChI=1S/C11H25NOS/c1-5-7-11(12-4)9-14(13)8-10(3)6-2/h10-12H,5-9H2,1-4H3. The van der Waals surface area contributed by atoms with Gasteiger partial charge in [0.05, 0.1) is 0 Å². The second-order valence-corrected chi connectivity index (χ2v) is 5.61. The van der Waals surface area contributed by atoms with E-state index in [2.05, 4.69) is 26.1 Å². The zero-order chi connectivity index (χ0) is 11.0. The number of hydrogen-bond acceptors (Lipinski definition) is 2. The number of hydrogen-bond donors (Lipinski definition) is 1. The minimum Gasteiger partial charge on any atom is -0.316 e. The van der Waals surface area contributed by atoms with Crippen molar-refractivity contribution in [2.75, 3.05) is 18.6 Å². The molecule has 0 rings (SSSR count). The molecule has 0 aliphatic carbocycles. The third-order valence-electron chi connectivity index (χ3n) is 2.60. The molecule has 3 atom stereocenters. The second kappa shape index (κ2) is 8.42. The third-order valence-corrected chi connectivity index (χ3v) is 4.31. The lowest BCUT2D eigenvalue weighted by molar-refractivity contribution is 0.552. The summed E-state index contributed by atoms with van der Waals surface area (Å²) in [5, 5.41) is 3.23. The molecule has 0 bridgehead atoms. The molecule has 0 aromatic heterocycles. The Morgan fingerprint density at radius 1 is 1.29 bits per heavy atom. The van der Waals surface area contributed by atoms with E-state index in [1.165, 1.54) is 0 Å². The van der Waals surface area contributed by atoms with Crippen LogP contribution in [0.4, 0.5) is 0 Å². The molecule has 0 saturated heterocycles. The first kappa shape index (κ1) is 14.1.